The van der Waals surface area contributed by atoms with Crippen molar-refractivity contribution in [2.75, 3.05) is 19.8 Å². The van der Waals surface area contributed by atoms with E-state index in [2.05, 4.69) is 0 Å². The van der Waals surface area contributed by atoms with Crippen molar-refractivity contribution in [2.45, 2.75) is 31.3 Å². The van der Waals surface area contributed by atoms with Gasteiger partial charge in [0.05, 0.1) is 13.2 Å². The molecule has 0 saturated carbocycles. The Morgan fingerprint density at radius 1 is 1.33 bits per heavy atom. The summed E-state index contributed by atoms with van der Waals surface area (Å²) < 4.78 is 16.1. The van der Waals surface area contributed by atoms with E-state index in [1.807, 2.05) is 6.92 Å². The summed E-state index contributed by atoms with van der Waals surface area (Å²) in [6, 6.07) is 0. The molecule has 0 aromatic rings. The predicted molar refractivity (Wildman–Crippen MR) is 40.9 cm³/mol. The van der Waals surface area contributed by atoms with Gasteiger partial charge in [0, 0.05) is 6.61 Å². The second-order valence-electron chi connectivity index (χ2n) is 3.16. The normalized spacial score (nSPS) is 46.5. The van der Waals surface area contributed by atoms with E-state index in [-0.39, 0.29) is 18.3 Å². The van der Waals surface area contributed by atoms with Gasteiger partial charge in [0.1, 0.15) is 24.4 Å². The minimum absolute atomic E-state index is 0.0112. The van der Waals surface area contributed by atoms with Crippen LogP contribution in [0.5, 0.6) is 0 Å². The van der Waals surface area contributed by atoms with Gasteiger partial charge in [-0.15, -0.1) is 0 Å². The highest BCUT2D eigenvalue weighted by molar-refractivity contribution is 4.94. The molecular formula is C8H14O4. The molecule has 0 aliphatic carbocycles. The molecule has 70 valence electrons. The summed E-state index contributed by atoms with van der Waals surface area (Å²) in [5, 5.41) is 9.38. The molecule has 2 fully saturated rings. The quantitative estimate of drug-likeness (QED) is 0.616. The lowest BCUT2D eigenvalue weighted by Crippen LogP contribution is -2.32. The lowest BCUT2D eigenvalue weighted by atomic mass is 10.1. The average molecular weight is 174 g/mol. The molecule has 4 nitrogen and oxygen atoms in total. The molecule has 0 spiro atoms. The van der Waals surface area contributed by atoms with Gasteiger partial charge in [-0.05, 0) is 6.92 Å². The van der Waals surface area contributed by atoms with Crippen LogP contribution in [0.15, 0.2) is 0 Å². The zero-order chi connectivity index (χ0) is 8.55. The second kappa shape index (κ2) is 3.30. The highest BCUT2D eigenvalue weighted by Gasteiger charge is 2.47. The first-order valence-electron chi connectivity index (χ1n) is 4.35. The van der Waals surface area contributed by atoms with Crippen molar-refractivity contribution in [2.24, 2.45) is 0 Å². The first-order chi connectivity index (χ1) is 5.83. The van der Waals surface area contributed by atoms with Crippen molar-refractivity contribution in [1.82, 2.24) is 0 Å². The molecule has 2 saturated heterocycles. The van der Waals surface area contributed by atoms with E-state index in [0.717, 1.165) is 0 Å². The van der Waals surface area contributed by atoms with E-state index >= 15 is 0 Å². The molecule has 2 rings (SSSR count). The average Bonchev–Trinajstić information content (AvgIpc) is 2.58. The van der Waals surface area contributed by atoms with Crippen molar-refractivity contribution in [3.05, 3.63) is 0 Å². The minimum atomic E-state index is -0.472. The third-order valence-electron chi connectivity index (χ3n) is 2.36. The molecule has 12 heavy (non-hydrogen) atoms. The van der Waals surface area contributed by atoms with Crippen LogP contribution in [-0.2, 0) is 14.2 Å². The van der Waals surface area contributed by atoms with Gasteiger partial charge in [-0.1, -0.05) is 0 Å². The molecule has 2 heterocycles. The maximum Gasteiger partial charge on any atom is 0.115 e. The Hall–Kier alpha value is -0.160. The van der Waals surface area contributed by atoms with Crippen LogP contribution in [0.4, 0.5) is 0 Å². The van der Waals surface area contributed by atoms with Gasteiger partial charge in [0.15, 0.2) is 0 Å². The van der Waals surface area contributed by atoms with Crippen LogP contribution in [0.1, 0.15) is 6.92 Å². The maximum atomic E-state index is 9.38. The Labute approximate surface area is 71.4 Å². The fourth-order valence-electron chi connectivity index (χ4n) is 1.80. The Bertz CT molecular complexity index is 161. The molecule has 2 aliphatic rings. The number of hydrogen-bond acceptors (Lipinski definition) is 4. The zero-order valence-corrected chi connectivity index (χ0v) is 7.10. The highest BCUT2D eigenvalue weighted by atomic mass is 16.6. The predicted octanol–water partition coefficient (Wildman–Crippen LogP) is -0.450. The van der Waals surface area contributed by atoms with Crippen molar-refractivity contribution in [1.29, 1.82) is 0 Å². The number of aliphatic hydroxyl groups is 1. The van der Waals surface area contributed by atoms with Gasteiger partial charge in [0.25, 0.3) is 0 Å². The molecule has 0 amide bonds. The molecule has 4 unspecified atom stereocenters. The molecule has 4 atom stereocenters. The van der Waals surface area contributed by atoms with Crippen LogP contribution in [0.3, 0.4) is 0 Å². The van der Waals surface area contributed by atoms with Crippen LogP contribution in [0.25, 0.3) is 0 Å². The van der Waals surface area contributed by atoms with E-state index in [0.29, 0.717) is 19.8 Å². The van der Waals surface area contributed by atoms with Crippen LogP contribution >= 0.6 is 0 Å². The van der Waals surface area contributed by atoms with Crippen LogP contribution in [0, 0.1) is 0 Å². The van der Waals surface area contributed by atoms with E-state index in [4.69, 9.17) is 14.2 Å². The first kappa shape index (κ1) is 8.44. The number of fused-ring (bicyclic) bond motifs is 1. The molecule has 1 N–H and O–H groups in total. The Kier molecular flexibility index (Phi) is 2.32. The second-order valence-corrected chi connectivity index (χ2v) is 3.16. The molecule has 0 aromatic carbocycles. The Balaban J connectivity index is 1.96. The number of rotatable bonds is 2. The third kappa shape index (κ3) is 1.25. The fraction of sp³-hybridized carbons (Fsp3) is 1.00. The molecular weight excluding hydrogens is 160 g/mol. The number of ether oxygens (including phenoxy) is 3. The molecule has 0 radical (unpaired) electrons. The minimum Gasteiger partial charge on any atom is -0.388 e. The topological polar surface area (TPSA) is 47.9 Å². The summed E-state index contributed by atoms with van der Waals surface area (Å²) in [6.45, 7) is 3.52. The number of aliphatic hydroxyl groups excluding tert-OH is 1. The third-order valence-corrected chi connectivity index (χ3v) is 2.36. The molecule has 2 aliphatic heterocycles. The van der Waals surface area contributed by atoms with Gasteiger partial charge in [0.2, 0.25) is 0 Å². The van der Waals surface area contributed by atoms with Gasteiger partial charge in [-0.25, -0.2) is 0 Å². The van der Waals surface area contributed by atoms with E-state index in [1.54, 1.807) is 0 Å². The van der Waals surface area contributed by atoms with Crippen molar-refractivity contribution in [3.63, 3.8) is 0 Å². The van der Waals surface area contributed by atoms with Gasteiger partial charge < -0.3 is 19.3 Å². The molecule has 0 bridgehead atoms. The largest absolute Gasteiger partial charge is 0.388 e. The van der Waals surface area contributed by atoms with Crippen LogP contribution in [0.2, 0.25) is 0 Å². The maximum absolute atomic E-state index is 9.38. The van der Waals surface area contributed by atoms with Gasteiger partial charge >= 0.3 is 0 Å². The van der Waals surface area contributed by atoms with Crippen molar-refractivity contribution < 1.29 is 19.3 Å². The lowest BCUT2D eigenvalue weighted by Gasteiger charge is -2.14. The Morgan fingerprint density at radius 2 is 2.08 bits per heavy atom. The van der Waals surface area contributed by atoms with E-state index in [9.17, 15) is 5.11 Å². The van der Waals surface area contributed by atoms with Gasteiger partial charge in [-0.3, -0.25) is 0 Å². The summed E-state index contributed by atoms with van der Waals surface area (Å²) in [7, 11) is 0. The summed E-state index contributed by atoms with van der Waals surface area (Å²) in [4.78, 5) is 0. The van der Waals surface area contributed by atoms with Crippen LogP contribution in [-0.4, -0.2) is 49.3 Å². The van der Waals surface area contributed by atoms with Crippen molar-refractivity contribution in [3.8, 4) is 0 Å². The highest BCUT2D eigenvalue weighted by Crippen LogP contribution is 2.28. The summed E-state index contributed by atoms with van der Waals surface area (Å²) >= 11 is 0. The van der Waals surface area contributed by atoms with Gasteiger partial charge in [-0.2, -0.15) is 0 Å². The Morgan fingerprint density at radius 3 is 2.83 bits per heavy atom. The lowest BCUT2D eigenvalue weighted by molar-refractivity contribution is -0.0327. The van der Waals surface area contributed by atoms with E-state index in [1.165, 1.54) is 0 Å². The standard InChI is InChI=1S/C8H14O4/c1-2-10-6-4-12-7-5(9)3-11-8(6)7/h5-9H,2-4H2,1H3. The van der Waals surface area contributed by atoms with E-state index < -0.39 is 6.10 Å². The first-order valence-corrected chi connectivity index (χ1v) is 4.35. The smallest absolute Gasteiger partial charge is 0.115 e. The SMILES string of the molecule is CCOC1COC2C(O)COC12. The summed E-state index contributed by atoms with van der Waals surface area (Å²) in [5.74, 6) is 0. The molecule has 4 heteroatoms. The molecule has 0 aromatic heterocycles. The van der Waals surface area contributed by atoms with Crippen molar-refractivity contribution >= 4 is 0 Å². The number of hydrogen-bond donors (Lipinski definition) is 1. The monoisotopic (exact) mass is 174 g/mol. The fourth-order valence-corrected chi connectivity index (χ4v) is 1.80. The summed E-state index contributed by atoms with van der Waals surface area (Å²) in [5.41, 5.74) is 0. The zero-order valence-electron chi connectivity index (χ0n) is 7.10. The summed E-state index contributed by atoms with van der Waals surface area (Å²) in [6.07, 6.45) is -0.681. The van der Waals surface area contributed by atoms with Crippen LogP contribution < -0.4 is 0 Å².